The van der Waals surface area contributed by atoms with Gasteiger partial charge in [0.1, 0.15) is 0 Å². The molecule has 0 aromatic carbocycles. The first kappa shape index (κ1) is 14.1. The second-order valence-electron chi connectivity index (χ2n) is 6.84. The van der Waals surface area contributed by atoms with Gasteiger partial charge in [0.25, 0.3) is 0 Å². The molecule has 0 radical (unpaired) electrons. The number of hydrogen-bond acceptors (Lipinski definition) is 2. The standard InChI is InChI=1S/C16H28O2/c1-10(2)12-8-9-16(4)13(17)7-6-11(3)14(16)15(12)18-5/h10,12-15,17H,3,6-9H2,1-2,4-5H3/t12-,13+,14-,15-,16-/m0/s1. The molecule has 0 aliphatic heterocycles. The van der Waals surface area contributed by atoms with Crippen LogP contribution in [0.4, 0.5) is 0 Å². The lowest BCUT2D eigenvalue weighted by Gasteiger charge is -2.55. The van der Waals surface area contributed by atoms with Gasteiger partial charge in [0.05, 0.1) is 12.2 Å². The maximum absolute atomic E-state index is 10.4. The van der Waals surface area contributed by atoms with Gasteiger partial charge >= 0.3 is 0 Å². The minimum Gasteiger partial charge on any atom is -0.393 e. The molecule has 0 aromatic rings. The van der Waals surface area contributed by atoms with Crippen LogP contribution in [0.15, 0.2) is 12.2 Å². The highest BCUT2D eigenvalue weighted by Gasteiger charge is 2.53. The summed E-state index contributed by atoms with van der Waals surface area (Å²) in [5.74, 6) is 1.55. The zero-order valence-corrected chi connectivity index (χ0v) is 12.3. The molecule has 2 aliphatic rings. The smallest absolute Gasteiger partial charge is 0.0673 e. The number of ether oxygens (including phenoxy) is 1. The third-order valence-electron chi connectivity index (χ3n) is 5.55. The summed E-state index contributed by atoms with van der Waals surface area (Å²) in [6.07, 6.45) is 4.11. The van der Waals surface area contributed by atoms with Crippen LogP contribution in [0, 0.1) is 23.2 Å². The minimum absolute atomic E-state index is 0.0264. The van der Waals surface area contributed by atoms with Crippen LogP contribution < -0.4 is 0 Å². The zero-order valence-electron chi connectivity index (χ0n) is 12.3. The zero-order chi connectivity index (χ0) is 13.5. The Kier molecular flexibility index (Phi) is 3.89. The Hall–Kier alpha value is -0.340. The molecule has 2 rings (SSSR count). The van der Waals surface area contributed by atoms with Gasteiger partial charge in [0.2, 0.25) is 0 Å². The van der Waals surface area contributed by atoms with E-state index in [2.05, 4.69) is 27.4 Å². The molecule has 0 heterocycles. The van der Waals surface area contributed by atoms with E-state index in [1.807, 2.05) is 7.11 Å². The van der Waals surface area contributed by atoms with Gasteiger partial charge in [-0.05, 0) is 37.5 Å². The summed E-state index contributed by atoms with van der Waals surface area (Å²) < 4.78 is 5.85. The van der Waals surface area contributed by atoms with Crippen molar-refractivity contribution in [1.29, 1.82) is 0 Å². The van der Waals surface area contributed by atoms with E-state index in [-0.39, 0.29) is 17.6 Å². The van der Waals surface area contributed by atoms with Crippen molar-refractivity contribution in [1.82, 2.24) is 0 Å². The maximum atomic E-state index is 10.4. The van der Waals surface area contributed by atoms with Gasteiger partial charge in [0.15, 0.2) is 0 Å². The van der Waals surface area contributed by atoms with E-state index in [0.29, 0.717) is 17.8 Å². The summed E-state index contributed by atoms with van der Waals surface area (Å²) >= 11 is 0. The number of aliphatic hydroxyl groups excluding tert-OH is 1. The highest BCUT2D eigenvalue weighted by molar-refractivity contribution is 5.18. The Bertz CT molecular complexity index is 323. The fourth-order valence-electron chi connectivity index (χ4n) is 4.32. The van der Waals surface area contributed by atoms with Crippen molar-refractivity contribution >= 4 is 0 Å². The van der Waals surface area contributed by atoms with Crippen molar-refractivity contribution in [2.24, 2.45) is 23.2 Å². The monoisotopic (exact) mass is 252 g/mol. The number of aliphatic hydroxyl groups is 1. The number of methoxy groups -OCH3 is 1. The average Bonchev–Trinajstić information content (AvgIpc) is 2.32. The second kappa shape index (κ2) is 4.97. The normalized spacial score (nSPS) is 45.1. The number of rotatable bonds is 2. The largest absolute Gasteiger partial charge is 0.393 e. The highest BCUT2D eigenvalue weighted by Crippen LogP contribution is 2.55. The van der Waals surface area contributed by atoms with E-state index in [1.54, 1.807) is 0 Å². The molecule has 2 fully saturated rings. The van der Waals surface area contributed by atoms with Crippen LogP contribution in [0.25, 0.3) is 0 Å². The van der Waals surface area contributed by atoms with Gasteiger partial charge in [-0.25, -0.2) is 0 Å². The lowest BCUT2D eigenvalue weighted by Crippen LogP contribution is -2.55. The molecule has 2 heteroatoms. The molecule has 18 heavy (non-hydrogen) atoms. The molecule has 0 amide bonds. The summed E-state index contributed by atoms with van der Waals surface area (Å²) in [4.78, 5) is 0. The van der Waals surface area contributed by atoms with E-state index < -0.39 is 0 Å². The molecule has 5 atom stereocenters. The molecular formula is C16H28O2. The first-order chi connectivity index (χ1) is 8.41. The number of fused-ring (bicyclic) bond motifs is 1. The quantitative estimate of drug-likeness (QED) is 0.763. The molecular weight excluding hydrogens is 224 g/mol. The summed E-state index contributed by atoms with van der Waals surface area (Å²) in [7, 11) is 1.82. The predicted octanol–water partition coefficient (Wildman–Crippen LogP) is 3.40. The van der Waals surface area contributed by atoms with Crippen LogP contribution in [0.3, 0.4) is 0 Å². The molecule has 2 aliphatic carbocycles. The molecule has 2 nitrogen and oxygen atoms in total. The van der Waals surface area contributed by atoms with Crippen molar-refractivity contribution < 1.29 is 9.84 Å². The number of hydrogen-bond donors (Lipinski definition) is 1. The van der Waals surface area contributed by atoms with E-state index in [9.17, 15) is 5.11 Å². The van der Waals surface area contributed by atoms with Crippen LogP contribution in [-0.2, 0) is 4.74 Å². The van der Waals surface area contributed by atoms with Gasteiger partial charge in [0, 0.05) is 18.4 Å². The summed E-state index contributed by atoms with van der Waals surface area (Å²) in [5.41, 5.74) is 1.27. The predicted molar refractivity (Wildman–Crippen MR) is 74.3 cm³/mol. The van der Waals surface area contributed by atoms with Gasteiger partial charge in [-0.3, -0.25) is 0 Å². The minimum atomic E-state index is -0.196. The Balaban J connectivity index is 2.33. The fourth-order valence-corrected chi connectivity index (χ4v) is 4.32. The highest BCUT2D eigenvalue weighted by atomic mass is 16.5. The lowest BCUT2D eigenvalue weighted by atomic mass is 9.53. The van der Waals surface area contributed by atoms with Crippen LogP contribution in [-0.4, -0.2) is 24.4 Å². The first-order valence-corrected chi connectivity index (χ1v) is 7.30. The van der Waals surface area contributed by atoms with E-state index in [4.69, 9.17) is 4.74 Å². The second-order valence-corrected chi connectivity index (χ2v) is 6.84. The first-order valence-electron chi connectivity index (χ1n) is 7.30. The van der Waals surface area contributed by atoms with Crippen molar-refractivity contribution in [2.75, 3.05) is 7.11 Å². The third kappa shape index (κ3) is 2.04. The molecule has 0 spiro atoms. The van der Waals surface area contributed by atoms with Crippen molar-refractivity contribution in [3.63, 3.8) is 0 Å². The molecule has 104 valence electrons. The Morgan fingerprint density at radius 2 is 2.06 bits per heavy atom. The van der Waals surface area contributed by atoms with E-state index in [1.165, 1.54) is 5.57 Å². The van der Waals surface area contributed by atoms with E-state index in [0.717, 1.165) is 25.7 Å². The molecule has 0 aromatic heterocycles. The van der Waals surface area contributed by atoms with Crippen LogP contribution in [0.1, 0.15) is 46.5 Å². The SMILES string of the molecule is C=C1CC[C@@H](O)[C@]2(C)CC[C@@H](C(C)C)[C@H](OC)[C@H]12. The van der Waals surface area contributed by atoms with Gasteiger partial charge in [-0.15, -0.1) is 0 Å². The Labute approximate surface area is 111 Å². The topological polar surface area (TPSA) is 29.5 Å². The maximum Gasteiger partial charge on any atom is 0.0673 e. The van der Waals surface area contributed by atoms with Crippen molar-refractivity contribution in [2.45, 2.75) is 58.7 Å². The van der Waals surface area contributed by atoms with Crippen molar-refractivity contribution in [3.05, 3.63) is 12.2 Å². The summed E-state index contributed by atoms with van der Waals surface area (Å²) in [5, 5.41) is 10.4. The molecule has 1 N–H and O–H groups in total. The summed E-state index contributed by atoms with van der Waals surface area (Å²) in [6.45, 7) is 11.1. The molecule has 0 unspecified atom stereocenters. The van der Waals surface area contributed by atoms with Gasteiger partial charge < -0.3 is 9.84 Å². The average molecular weight is 252 g/mol. The molecule has 0 saturated heterocycles. The van der Waals surface area contributed by atoms with Crippen LogP contribution in [0.2, 0.25) is 0 Å². The van der Waals surface area contributed by atoms with Crippen molar-refractivity contribution in [3.8, 4) is 0 Å². The molecule has 2 saturated carbocycles. The van der Waals surface area contributed by atoms with Crippen LogP contribution in [0.5, 0.6) is 0 Å². The lowest BCUT2D eigenvalue weighted by molar-refractivity contribution is -0.133. The fraction of sp³-hybridized carbons (Fsp3) is 0.875. The molecule has 0 bridgehead atoms. The Morgan fingerprint density at radius 1 is 1.39 bits per heavy atom. The summed E-state index contributed by atoms with van der Waals surface area (Å²) in [6, 6.07) is 0. The van der Waals surface area contributed by atoms with Crippen LogP contribution >= 0.6 is 0 Å². The Morgan fingerprint density at radius 3 is 2.61 bits per heavy atom. The van der Waals surface area contributed by atoms with Gasteiger partial charge in [-0.1, -0.05) is 32.9 Å². The van der Waals surface area contributed by atoms with Gasteiger partial charge in [-0.2, -0.15) is 0 Å². The van der Waals surface area contributed by atoms with E-state index >= 15 is 0 Å². The third-order valence-corrected chi connectivity index (χ3v) is 5.55.